The Morgan fingerprint density at radius 2 is 1.87 bits per heavy atom. The first-order valence-corrected chi connectivity index (χ1v) is 10.4. The van der Waals surface area contributed by atoms with E-state index in [-0.39, 0.29) is 30.7 Å². The molecular formula is C23H22N4O4. The van der Waals surface area contributed by atoms with Crippen LogP contribution in [0.5, 0.6) is 0 Å². The van der Waals surface area contributed by atoms with Crippen molar-refractivity contribution in [3.05, 3.63) is 64.2 Å². The third kappa shape index (κ3) is 3.59. The number of carbonyl (C=O) groups excluding carboxylic acids is 4. The number of fused-ring (bicyclic) bond motifs is 2. The van der Waals surface area contributed by atoms with Gasteiger partial charge in [-0.2, -0.15) is 0 Å². The quantitative estimate of drug-likeness (QED) is 0.652. The number of hydrogen-bond acceptors (Lipinski definition) is 5. The molecule has 0 radical (unpaired) electrons. The van der Waals surface area contributed by atoms with Crippen LogP contribution >= 0.6 is 0 Å². The van der Waals surface area contributed by atoms with Crippen LogP contribution in [0, 0.1) is 0 Å². The summed E-state index contributed by atoms with van der Waals surface area (Å²) in [5.74, 6) is -1.27. The van der Waals surface area contributed by atoms with E-state index in [0.717, 1.165) is 25.2 Å². The highest BCUT2D eigenvalue weighted by molar-refractivity contribution is 6.08. The fraction of sp³-hybridized carbons (Fsp3) is 0.304. The number of nitrogens with one attached hydrogen (secondary N) is 3. The molecule has 31 heavy (non-hydrogen) atoms. The number of piperidine rings is 1. The van der Waals surface area contributed by atoms with Gasteiger partial charge in [0, 0.05) is 36.3 Å². The number of benzene rings is 2. The molecule has 0 aliphatic carbocycles. The van der Waals surface area contributed by atoms with Gasteiger partial charge >= 0.3 is 0 Å². The topological polar surface area (TPSA) is 108 Å². The van der Waals surface area contributed by atoms with Gasteiger partial charge in [-0.25, -0.2) is 0 Å². The van der Waals surface area contributed by atoms with Crippen LogP contribution in [0.3, 0.4) is 0 Å². The molecule has 5 rings (SSSR count). The lowest BCUT2D eigenvalue weighted by Crippen LogP contribution is -2.52. The molecule has 1 fully saturated rings. The standard InChI is InChI=1S/C23H22N4O4/c28-20-6-5-19(22(30)26-20)27-12-16-9-14(2-4-18(16)23(27)31)21(29)25-17-3-1-13-7-8-24-11-15(13)10-17/h1-4,9-10,19,24H,5-8,11-12H2,(H,25,29)(H,26,28,30). The molecule has 2 aromatic rings. The fourth-order valence-corrected chi connectivity index (χ4v) is 4.48. The van der Waals surface area contributed by atoms with Gasteiger partial charge in [0.2, 0.25) is 11.8 Å². The summed E-state index contributed by atoms with van der Waals surface area (Å²) in [6.45, 7) is 1.99. The van der Waals surface area contributed by atoms with Crippen LogP contribution in [0.2, 0.25) is 0 Å². The van der Waals surface area contributed by atoms with E-state index in [1.54, 1.807) is 18.2 Å². The summed E-state index contributed by atoms with van der Waals surface area (Å²) in [4.78, 5) is 50.6. The molecule has 4 amide bonds. The smallest absolute Gasteiger partial charge is 0.255 e. The molecule has 0 aromatic heterocycles. The first-order valence-electron chi connectivity index (χ1n) is 10.4. The lowest BCUT2D eigenvalue weighted by atomic mass is 10.0. The maximum absolute atomic E-state index is 12.8. The largest absolute Gasteiger partial charge is 0.322 e. The van der Waals surface area contributed by atoms with E-state index < -0.39 is 11.9 Å². The second kappa shape index (κ2) is 7.63. The van der Waals surface area contributed by atoms with Crippen molar-refractivity contribution < 1.29 is 19.2 Å². The number of carbonyl (C=O) groups is 4. The zero-order chi connectivity index (χ0) is 21.5. The third-order valence-corrected chi connectivity index (χ3v) is 6.14. The summed E-state index contributed by atoms with van der Waals surface area (Å²) in [7, 11) is 0. The Balaban J connectivity index is 1.32. The van der Waals surface area contributed by atoms with E-state index in [0.29, 0.717) is 23.1 Å². The summed E-state index contributed by atoms with van der Waals surface area (Å²) >= 11 is 0. The van der Waals surface area contributed by atoms with Crippen LogP contribution < -0.4 is 16.0 Å². The summed E-state index contributed by atoms with van der Waals surface area (Å²) in [5.41, 5.74) is 4.85. The zero-order valence-electron chi connectivity index (χ0n) is 16.9. The molecular weight excluding hydrogens is 396 g/mol. The molecule has 8 nitrogen and oxygen atoms in total. The maximum atomic E-state index is 12.8. The van der Waals surface area contributed by atoms with E-state index >= 15 is 0 Å². The molecule has 1 unspecified atom stereocenters. The third-order valence-electron chi connectivity index (χ3n) is 6.14. The summed E-state index contributed by atoms with van der Waals surface area (Å²) < 4.78 is 0. The lowest BCUT2D eigenvalue weighted by molar-refractivity contribution is -0.136. The molecule has 3 N–H and O–H groups in total. The number of hydrogen-bond donors (Lipinski definition) is 3. The summed E-state index contributed by atoms with van der Waals surface area (Å²) in [6, 6.07) is 10.2. The SMILES string of the molecule is O=C1CCC(N2Cc3cc(C(=O)Nc4ccc5c(c4)CNCC5)ccc3C2=O)C(=O)N1. The highest BCUT2D eigenvalue weighted by Crippen LogP contribution is 2.28. The second-order valence-corrected chi connectivity index (χ2v) is 8.14. The molecule has 2 aromatic carbocycles. The Hall–Kier alpha value is -3.52. The number of anilines is 1. The van der Waals surface area contributed by atoms with Gasteiger partial charge in [-0.1, -0.05) is 6.07 Å². The van der Waals surface area contributed by atoms with Crippen LogP contribution in [0.25, 0.3) is 0 Å². The zero-order valence-corrected chi connectivity index (χ0v) is 16.9. The highest BCUT2D eigenvalue weighted by Gasteiger charge is 2.39. The minimum atomic E-state index is -0.668. The van der Waals surface area contributed by atoms with Crippen molar-refractivity contribution in [2.75, 3.05) is 11.9 Å². The summed E-state index contributed by atoms with van der Waals surface area (Å²) in [6.07, 6.45) is 1.50. The van der Waals surface area contributed by atoms with Gasteiger partial charge in [0.1, 0.15) is 6.04 Å². The average molecular weight is 418 g/mol. The Bertz CT molecular complexity index is 1130. The van der Waals surface area contributed by atoms with Gasteiger partial charge in [-0.15, -0.1) is 0 Å². The lowest BCUT2D eigenvalue weighted by Gasteiger charge is -2.29. The molecule has 0 saturated carbocycles. The van der Waals surface area contributed by atoms with Crippen molar-refractivity contribution in [1.82, 2.24) is 15.5 Å². The molecule has 1 atom stereocenters. The number of imide groups is 1. The van der Waals surface area contributed by atoms with Crippen molar-refractivity contribution >= 4 is 29.3 Å². The molecule has 8 heteroatoms. The van der Waals surface area contributed by atoms with Crippen LogP contribution in [-0.4, -0.2) is 41.1 Å². The van der Waals surface area contributed by atoms with Gasteiger partial charge in [-0.05, 0) is 66.4 Å². The van der Waals surface area contributed by atoms with Gasteiger partial charge in [-0.3, -0.25) is 24.5 Å². The van der Waals surface area contributed by atoms with E-state index in [9.17, 15) is 19.2 Å². The van der Waals surface area contributed by atoms with Crippen molar-refractivity contribution in [3.8, 4) is 0 Å². The first-order chi connectivity index (χ1) is 15.0. The molecule has 3 heterocycles. The average Bonchev–Trinajstić information content (AvgIpc) is 3.09. The molecule has 3 aliphatic heterocycles. The molecule has 1 saturated heterocycles. The van der Waals surface area contributed by atoms with E-state index in [1.807, 2.05) is 18.2 Å². The van der Waals surface area contributed by atoms with Gasteiger partial charge < -0.3 is 15.5 Å². The van der Waals surface area contributed by atoms with Crippen LogP contribution in [0.4, 0.5) is 5.69 Å². The monoisotopic (exact) mass is 418 g/mol. The Morgan fingerprint density at radius 1 is 1.00 bits per heavy atom. The predicted molar refractivity (Wildman–Crippen MR) is 112 cm³/mol. The van der Waals surface area contributed by atoms with Crippen molar-refractivity contribution in [3.63, 3.8) is 0 Å². The Kier molecular flexibility index (Phi) is 4.78. The number of amides is 4. The van der Waals surface area contributed by atoms with E-state index in [2.05, 4.69) is 16.0 Å². The van der Waals surface area contributed by atoms with Crippen LogP contribution in [0.1, 0.15) is 50.2 Å². The molecule has 3 aliphatic rings. The fourth-order valence-electron chi connectivity index (χ4n) is 4.48. The van der Waals surface area contributed by atoms with E-state index in [4.69, 9.17) is 0 Å². The minimum Gasteiger partial charge on any atom is -0.322 e. The predicted octanol–water partition coefficient (Wildman–Crippen LogP) is 1.35. The minimum absolute atomic E-state index is 0.209. The number of rotatable bonds is 3. The van der Waals surface area contributed by atoms with Gasteiger partial charge in [0.05, 0.1) is 0 Å². The Labute approximate surface area is 179 Å². The molecule has 0 bridgehead atoms. The van der Waals surface area contributed by atoms with Gasteiger partial charge in [0.15, 0.2) is 0 Å². The normalized spacial score (nSPS) is 20.2. The maximum Gasteiger partial charge on any atom is 0.255 e. The number of nitrogens with zero attached hydrogens (tertiary/aromatic N) is 1. The van der Waals surface area contributed by atoms with E-state index in [1.165, 1.54) is 16.0 Å². The van der Waals surface area contributed by atoms with Crippen molar-refractivity contribution in [2.45, 2.75) is 38.4 Å². The second-order valence-electron chi connectivity index (χ2n) is 8.14. The van der Waals surface area contributed by atoms with Crippen LogP contribution in [-0.2, 0) is 29.1 Å². The Morgan fingerprint density at radius 3 is 2.71 bits per heavy atom. The highest BCUT2D eigenvalue weighted by atomic mass is 16.2. The van der Waals surface area contributed by atoms with Crippen LogP contribution in [0.15, 0.2) is 36.4 Å². The van der Waals surface area contributed by atoms with Gasteiger partial charge in [0.25, 0.3) is 11.8 Å². The van der Waals surface area contributed by atoms with Crippen molar-refractivity contribution in [2.24, 2.45) is 0 Å². The molecule has 0 spiro atoms. The van der Waals surface area contributed by atoms with Crippen molar-refractivity contribution in [1.29, 1.82) is 0 Å². The molecule has 158 valence electrons. The summed E-state index contributed by atoms with van der Waals surface area (Å²) in [5, 5.41) is 8.55. The first kappa shape index (κ1) is 19.4.